The summed E-state index contributed by atoms with van der Waals surface area (Å²) < 4.78 is 13.6. The first-order valence-electron chi connectivity index (χ1n) is 5.49. The van der Waals surface area contributed by atoms with Crippen LogP contribution in [-0.2, 0) is 5.33 Å². The van der Waals surface area contributed by atoms with Gasteiger partial charge in [-0.2, -0.15) is 11.8 Å². The van der Waals surface area contributed by atoms with Crippen LogP contribution in [0, 0.1) is 5.82 Å². The van der Waals surface area contributed by atoms with Crippen molar-refractivity contribution in [1.29, 1.82) is 0 Å². The number of hydrogen-bond acceptors (Lipinski definition) is 2. The van der Waals surface area contributed by atoms with Crippen molar-refractivity contribution >= 4 is 33.4 Å². The highest BCUT2D eigenvalue weighted by atomic mass is 79.9. The van der Waals surface area contributed by atoms with E-state index in [-0.39, 0.29) is 5.82 Å². The number of thioether (sulfide) groups is 1. The van der Waals surface area contributed by atoms with Crippen molar-refractivity contribution in [2.75, 3.05) is 29.5 Å². The van der Waals surface area contributed by atoms with Gasteiger partial charge in [0.2, 0.25) is 0 Å². The second-order valence-electron chi connectivity index (χ2n) is 3.82. The fraction of sp³-hybridized carbons (Fsp3) is 0.500. The molecule has 88 valence electrons. The lowest BCUT2D eigenvalue weighted by atomic mass is 10.1. The number of anilines is 1. The molecule has 1 aromatic rings. The molecule has 0 atom stereocenters. The zero-order valence-corrected chi connectivity index (χ0v) is 11.5. The summed E-state index contributed by atoms with van der Waals surface area (Å²) in [6.07, 6.45) is 1.18. The first-order valence-corrected chi connectivity index (χ1v) is 7.76. The molecule has 16 heavy (non-hydrogen) atoms. The van der Waals surface area contributed by atoms with E-state index in [1.165, 1.54) is 18.2 Å². The second kappa shape index (κ2) is 5.92. The van der Waals surface area contributed by atoms with Gasteiger partial charge in [-0.1, -0.05) is 22.0 Å². The van der Waals surface area contributed by atoms with Crippen molar-refractivity contribution in [3.05, 3.63) is 29.6 Å². The summed E-state index contributed by atoms with van der Waals surface area (Å²) in [5.74, 6) is 2.25. The van der Waals surface area contributed by atoms with Gasteiger partial charge in [0.1, 0.15) is 5.82 Å². The molecule has 1 aliphatic rings. The van der Waals surface area contributed by atoms with E-state index in [2.05, 4.69) is 20.8 Å². The molecule has 0 aliphatic carbocycles. The Morgan fingerprint density at radius 1 is 1.31 bits per heavy atom. The van der Waals surface area contributed by atoms with Crippen LogP contribution in [0.2, 0.25) is 0 Å². The first kappa shape index (κ1) is 12.2. The van der Waals surface area contributed by atoms with Crippen molar-refractivity contribution in [1.82, 2.24) is 0 Å². The van der Waals surface area contributed by atoms with Gasteiger partial charge in [0, 0.05) is 35.4 Å². The molecule has 1 aromatic carbocycles. The largest absolute Gasteiger partial charge is 0.370 e. The van der Waals surface area contributed by atoms with Crippen molar-refractivity contribution < 1.29 is 4.39 Å². The summed E-state index contributed by atoms with van der Waals surface area (Å²) in [6.45, 7) is 2.06. The maximum Gasteiger partial charge on any atom is 0.129 e. The van der Waals surface area contributed by atoms with Gasteiger partial charge < -0.3 is 4.90 Å². The van der Waals surface area contributed by atoms with Gasteiger partial charge in [-0.25, -0.2) is 4.39 Å². The van der Waals surface area contributed by atoms with E-state index in [1.54, 1.807) is 6.07 Å². The van der Waals surface area contributed by atoms with Gasteiger partial charge in [-0.3, -0.25) is 0 Å². The number of rotatable bonds is 2. The number of halogens is 2. The predicted octanol–water partition coefficient (Wildman–Crippen LogP) is 3.66. The summed E-state index contributed by atoms with van der Waals surface area (Å²) in [4.78, 5) is 2.31. The van der Waals surface area contributed by atoms with Crippen LogP contribution in [0.15, 0.2) is 18.2 Å². The molecule has 1 saturated heterocycles. The second-order valence-corrected chi connectivity index (χ2v) is 5.61. The van der Waals surface area contributed by atoms with E-state index in [4.69, 9.17) is 0 Å². The van der Waals surface area contributed by atoms with Crippen LogP contribution in [0.1, 0.15) is 12.0 Å². The zero-order chi connectivity index (χ0) is 11.4. The third-order valence-electron chi connectivity index (χ3n) is 2.79. The fourth-order valence-corrected chi connectivity index (χ4v) is 3.40. The van der Waals surface area contributed by atoms with Crippen LogP contribution < -0.4 is 4.90 Å². The molecule has 0 unspecified atom stereocenters. The van der Waals surface area contributed by atoms with E-state index in [9.17, 15) is 4.39 Å². The Bertz CT molecular complexity index is 351. The van der Waals surface area contributed by atoms with Crippen LogP contribution >= 0.6 is 27.7 Å². The lowest BCUT2D eigenvalue weighted by molar-refractivity contribution is 0.616. The third kappa shape index (κ3) is 2.72. The topological polar surface area (TPSA) is 3.24 Å². The smallest absolute Gasteiger partial charge is 0.129 e. The molecule has 0 radical (unpaired) electrons. The summed E-state index contributed by atoms with van der Waals surface area (Å²) in [5, 5.41) is 0.582. The molecule has 0 N–H and O–H groups in total. The number of benzene rings is 1. The van der Waals surface area contributed by atoms with Crippen molar-refractivity contribution in [3.63, 3.8) is 0 Å². The maximum absolute atomic E-state index is 13.6. The number of hydrogen-bond donors (Lipinski definition) is 0. The molecule has 0 spiro atoms. The monoisotopic (exact) mass is 303 g/mol. The van der Waals surface area contributed by atoms with Crippen molar-refractivity contribution in [2.45, 2.75) is 11.8 Å². The average Bonchev–Trinajstić information content (AvgIpc) is 2.57. The minimum absolute atomic E-state index is 0.105. The van der Waals surface area contributed by atoms with E-state index in [1.807, 2.05) is 17.8 Å². The Kier molecular flexibility index (Phi) is 4.53. The molecule has 1 aliphatic heterocycles. The van der Waals surface area contributed by atoms with E-state index < -0.39 is 0 Å². The molecule has 0 bridgehead atoms. The third-order valence-corrected chi connectivity index (χ3v) is 4.40. The Morgan fingerprint density at radius 2 is 2.19 bits per heavy atom. The lowest BCUT2D eigenvalue weighted by Gasteiger charge is -2.24. The van der Waals surface area contributed by atoms with E-state index in [0.717, 1.165) is 30.1 Å². The highest BCUT2D eigenvalue weighted by molar-refractivity contribution is 9.08. The molecule has 1 heterocycles. The normalized spacial score (nSPS) is 17.2. The maximum atomic E-state index is 13.6. The molecule has 1 fully saturated rings. The summed E-state index contributed by atoms with van der Waals surface area (Å²) in [7, 11) is 0. The molecule has 2 rings (SSSR count). The molecule has 0 aromatic heterocycles. The fourth-order valence-electron chi connectivity index (χ4n) is 1.96. The minimum Gasteiger partial charge on any atom is -0.370 e. The predicted molar refractivity (Wildman–Crippen MR) is 73.2 cm³/mol. The Morgan fingerprint density at radius 3 is 3.00 bits per heavy atom. The number of nitrogens with zero attached hydrogens (tertiary/aromatic N) is 1. The van der Waals surface area contributed by atoms with Crippen LogP contribution in [0.4, 0.5) is 10.1 Å². The average molecular weight is 304 g/mol. The van der Waals surface area contributed by atoms with Crippen molar-refractivity contribution in [2.24, 2.45) is 0 Å². The zero-order valence-electron chi connectivity index (χ0n) is 9.09. The van der Waals surface area contributed by atoms with Gasteiger partial charge in [0.05, 0.1) is 0 Å². The Hall–Kier alpha value is -0.220. The standard InChI is InChI=1S/C12H15BrFNS/c13-9-10-11(14)3-1-4-12(10)15-5-2-7-16-8-6-15/h1,3-4H,2,5-9H2. The molecule has 0 saturated carbocycles. The first-order chi connectivity index (χ1) is 7.83. The highest BCUT2D eigenvalue weighted by Gasteiger charge is 2.15. The molecule has 1 nitrogen and oxygen atoms in total. The summed E-state index contributed by atoms with van der Waals surface area (Å²) in [6, 6.07) is 5.36. The molecule has 0 amide bonds. The van der Waals surface area contributed by atoms with Gasteiger partial charge in [-0.05, 0) is 24.3 Å². The summed E-state index contributed by atoms with van der Waals surface area (Å²) >= 11 is 5.36. The minimum atomic E-state index is -0.105. The van der Waals surface area contributed by atoms with Gasteiger partial charge in [-0.15, -0.1) is 0 Å². The SMILES string of the molecule is Fc1cccc(N2CCCSCC2)c1CBr. The molecular weight excluding hydrogens is 289 g/mol. The molecular formula is C12H15BrFNS. The number of alkyl halides is 1. The van der Waals surface area contributed by atoms with Crippen LogP contribution in [0.5, 0.6) is 0 Å². The van der Waals surface area contributed by atoms with Crippen LogP contribution in [0.3, 0.4) is 0 Å². The quantitative estimate of drug-likeness (QED) is 0.767. The molecule has 4 heteroatoms. The van der Waals surface area contributed by atoms with Crippen LogP contribution in [-0.4, -0.2) is 24.6 Å². The van der Waals surface area contributed by atoms with Crippen LogP contribution in [0.25, 0.3) is 0 Å². The highest BCUT2D eigenvalue weighted by Crippen LogP contribution is 2.27. The van der Waals surface area contributed by atoms with Crippen molar-refractivity contribution in [3.8, 4) is 0 Å². The van der Waals surface area contributed by atoms with Gasteiger partial charge >= 0.3 is 0 Å². The Balaban J connectivity index is 2.27. The van der Waals surface area contributed by atoms with E-state index in [0.29, 0.717) is 5.33 Å². The lowest BCUT2D eigenvalue weighted by Crippen LogP contribution is -2.26. The van der Waals surface area contributed by atoms with E-state index >= 15 is 0 Å². The summed E-state index contributed by atoms with van der Waals surface area (Å²) in [5.41, 5.74) is 1.84. The van der Waals surface area contributed by atoms with Gasteiger partial charge in [0.25, 0.3) is 0 Å². The Labute approximate surface area is 109 Å². The van der Waals surface area contributed by atoms with Gasteiger partial charge in [0.15, 0.2) is 0 Å².